The van der Waals surface area contributed by atoms with Crippen molar-refractivity contribution in [1.82, 2.24) is 5.32 Å². The molecule has 2 aromatic rings. The van der Waals surface area contributed by atoms with E-state index in [9.17, 15) is 9.59 Å². The molecular weight excluding hydrogens is 444 g/mol. The number of hydrogen-bond donors (Lipinski definition) is 2. The molecule has 0 fully saturated rings. The lowest BCUT2D eigenvalue weighted by Crippen LogP contribution is -2.40. The Kier molecular flexibility index (Phi) is 8.90. The van der Waals surface area contributed by atoms with E-state index in [0.29, 0.717) is 29.2 Å². The zero-order chi connectivity index (χ0) is 22.1. The number of amides is 2. The monoisotopic (exact) mass is 474 g/mol. The van der Waals surface area contributed by atoms with Crippen LogP contribution in [-0.4, -0.2) is 24.0 Å². The Hall–Kier alpha value is -2.34. The van der Waals surface area contributed by atoms with Gasteiger partial charge in [0.25, 0.3) is 11.8 Å². The second-order valence-electron chi connectivity index (χ2n) is 8.29. The van der Waals surface area contributed by atoms with Gasteiger partial charge in [-0.15, -0.1) is 0 Å². The van der Waals surface area contributed by atoms with Crippen LogP contribution >= 0.6 is 15.9 Å². The lowest BCUT2D eigenvalue weighted by Gasteiger charge is -2.20. The fourth-order valence-corrected chi connectivity index (χ4v) is 3.19. The number of carbonyl (C=O) groups is 2. The summed E-state index contributed by atoms with van der Waals surface area (Å²) in [6, 6.07) is 12.3. The van der Waals surface area contributed by atoms with Crippen molar-refractivity contribution in [3.63, 3.8) is 0 Å². The summed E-state index contributed by atoms with van der Waals surface area (Å²) >= 11 is 3.42. The van der Waals surface area contributed by atoms with Crippen LogP contribution in [0.1, 0.15) is 74.1 Å². The fraction of sp³-hybridized carbons (Fsp3) is 0.417. The quantitative estimate of drug-likeness (QED) is 0.425. The molecule has 2 aromatic carbocycles. The highest BCUT2D eigenvalue weighted by Crippen LogP contribution is 2.25. The maximum atomic E-state index is 12.8. The van der Waals surface area contributed by atoms with Crippen LogP contribution < -0.4 is 15.4 Å². The highest BCUT2D eigenvalue weighted by molar-refractivity contribution is 9.10. The molecule has 2 N–H and O–H groups in total. The summed E-state index contributed by atoms with van der Waals surface area (Å²) in [6.45, 7) is 8.55. The number of anilines is 1. The minimum atomic E-state index is -0.308. The summed E-state index contributed by atoms with van der Waals surface area (Å²) in [6.07, 6.45) is 4.43. The van der Waals surface area contributed by atoms with Crippen molar-refractivity contribution in [1.29, 1.82) is 0 Å². The largest absolute Gasteiger partial charge is 0.493 e. The molecule has 0 saturated heterocycles. The van der Waals surface area contributed by atoms with Gasteiger partial charge in [-0.1, -0.05) is 42.1 Å². The van der Waals surface area contributed by atoms with Crippen LogP contribution in [0.2, 0.25) is 0 Å². The van der Waals surface area contributed by atoms with Crippen molar-refractivity contribution in [2.24, 2.45) is 0 Å². The normalized spacial score (nSPS) is 11.1. The first-order chi connectivity index (χ1) is 14.2. The van der Waals surface area contributed by atoms with Gasteiger partial charge in [-0.3, -0.25) is 9.59 Å². The third-order valence-electron chi connectivity index (χ3n) is 4.34. The Morgan fingerprint density at radius 2 is 1.67 bits per heavy atom. The number of halogens is 1. The van der Waals surface area contributed by atoms with Crippen LogP contribution in [0.3, 0.4) is 0 Å². The summed E-state index contributed by atoms with van der Waals surface area (Å²) < 4.78 is 6.67. The smallest absolute Gasteiger partial charge is 0.259 e. The predicted molar refractivity (Wildman–Crippen MR) is 125 cm³/mol. The van der Waals surface area contributed by atoms with Gasteiger partial charge in [-0.2, -0.15) is 0 Å². The number of ether oxygens (including phenoxy) is 1. The summed E-state index contributed by atoms with van der Waals surface area (Å²) in [5, 5.41) is 5.80. The van der Waals surface area contributed by atoms with Crippen molar-refractivity contribution in [3.05, 3.63) is 58.1 Å². The van der Waals surface area contributed by atoms with E-state index < -0.39 is 0 Å². The van der Waals surface area contributed by atoms with Crippen LogP contribution in [-0.2, 0) is 0 Å². The Labute approximate surface area is 187 Å². The number of rotatable bonds is 9. The predicted octanol–water partition coefficient (Wildman–Crippen LogP) is 6.19. The highest BCUT2D eigenvalue weighted by atomic mass is 79.9. The van der Waals surface area contributed by atoms with E-state index in [1.807, 2.05) is 26.8 Å². The second-order valence-corrected chi connectivity index (χ2v) is 9.20. The average molecular weight is 475 g/mol. The maximum absolute atomic E-state index is 12.8. The maximum Gasteiger partial charge on any atom is 0.259 e. The van der Waals surface area contributed by atoms with E-state index in [4.69, 9.17) is 4.74 Å². The molecule has 0 bridgehead atoms. The van der Waals surface area contributed by atoms with Crippen LogP contribution in [0.15, 0.2) is 46.9 Å². The molecule has 2 rings (SSSR count). The second kappa shape index (κ2) is 11.2. The van der Waals surface area contributed by atoms with Gasteiger partial charge in [0.2, 0.25) is 0 Å². The molecule has 5 nitrogen and oxygen atoms in total. The molecule has 0 aliphatic heterocycles. The van der Waals surface area contributed by atoms with Gasteiger partial charge in [0.15, 0.2) is 0 Å². The van der Waals surface area contributed by atoms with E-state index in [0.717, 1.165) is 17.3 Å². The number of nitrogens with one attached hydrogen (secondary N) is 2. The van der Waals surface area contributed by atoms with E-state index in [-0.39, 0.29) is 17.4 Å². The third-order valence-corrected chi connectivity index (χ3v) is 4.83. The van der Waals surface area contributed by atoms with Crippen molar-refractivity contribution < 1.29 is 14.3 Å². The molecule has 0 aromatic heterocycles. The van der Waals surface area contributed by atoms with Crippen LogP contribution in [0.5, 0.6) is 5.75 Å². The van der Waals surface area contributed by atoms with Gasteiger partial charge < -0.3 is 15.4 Å². The van der Waals surface area contributed by atoms with E-state index in [2.05, 4.69) is 33.5 Å². The molecule has 0 aliphatic rings. The molecule has 0 saturated carbocycles. The van der Waals surface area contributed by atoms with E-state index in [1.54, 1.807) is 36.4 Å². The lowest BCUT2D eigenvalue weighted by atomic mass is 10.1. The molecule has 0 radical (unpaired) electrons. The molecule has 2 amide bonds. The van der Waals surface area contributed by atoms with Crippen molar-refractivity contribution in [2.75, 3.05) is 11.9 Å². The van der Waals surface area contributed by atoms with Gasteiger partial charge in [-0.25, -0.2) is 0 Å². The number of hydrogen-bond acceptors (Lipinski definition) is 3. The molecule has 0 atom stereocenters. The Morgan fingerprint density at radius 3 is 2.30 bits per heavy atom. The van der Waals surface area contributed by atoms with E-state index >= 15 is 0 Å². The number of benzene rings is 2. The van der Waals surface area contributed by atoms with E-state index in [1.165, 1.54) is 12.8 Å². The van der Waals surface area contributed by atoms with Crippen LogP contribution in [0, 0.1) is 0 Å². The Bertz CT molecular complexity index is 858. The fourth-order valence-electron chi connectivity index (χ4n) is 2.83. The molecule has 0 unspecified atom stereocenters. The van der Waals surface area contributed by atoms with Gasteiger partial charge >= 0.3 is 0 Å². The van der Waals surface area contributed by atoms with Gasteiger partial charge in [0.1, 0.15) is 5.75 Å². The SMILES string of the molecule is CCCCCCOc1ccc(Br)cc1C(=O)Nc1ccc(C(=O)NC(C)(C)C)cc1. The van der Waals surface area contributed by atoms with Crippen LogP contribution in [0.4, 0.5) is 5.69 Å². The first-order valence-electron chi connectivity index (χ1n) is 10.4. The summed E-state index contributed by atoms with van der Waals surface area (Å²) in [7, 11) is 0. The van der Waals surface area contributed by atoms with Crippen molar-refractivity contribution in [2.45, 2.75) is 58.9 Å². The molecule has 0 heterocycles. The number of unbranched alkanes of at least 4 members (excludes halogenated alkanes) is 3. The molecule has 0 spiro atoms. The topological polar surface area (TPSA) is 67.4 Å². The van der Waals surface area contributed by atoms with Crippen LogP contribution in [0.25, 0.3) is 0 Å². The third kappa shape index (κ3) is 7.82. The Balaban J connectivity index is 2.04. The summed E-state index contributed by atoms with van der Waals surface area (Å²) in [4.78, 5) is 25.1. The summed E-state index contributed by atoms with van der Waals surface area (Å²) in [5.74, 6) is 0.159. The lowest BCUT2D eigenvalue weighted by molar-refractivity contribution is 0.0919. The molecule has 30 heavy (non-hydrogen) atoms. The molecule has 6 heteroatoms. The average Bonchev–Trinajstić information content (AvgIpc) is 2.68. The standard InChI is InChI=1S/C24H31BrN2O3/c1-5-6-7-8-15-30-21-14-11-18(25)16-20(21)23(29)26-19-12-9-17(10-13-19)22(28)27-24(2,3)4/h9-14,16H,5-8,15H2,1-4H3,(H,26,29)(H,27,28). The van der Waals surface area contributed by atoms with Crippen molar-refractivity contribution in [3.8, 4) is 5.75 Å². The van der Waals surface area contributed by atoms with Gasteiger partial charge in [-0.05, 0) is 69.7 Å². The van der Waals surface area contributed by atoms with Gasteiger partial charge in [0, 0.05) is 21.3 Å². The zero-order valence-corrected chi connectivity index (χ0v) is 19.8. The Morgan fingerprint density at radius 1 is 0.967 bits per heavy atom. The minimum absolute atomic E-state index is 0.147. The molecular formula is C24H31BrN2O3. The first kappa shape index (κ1) is 23.9. The first-order valence-corrected chi connectivity index (χ1v) is 11.1. The molecule has 162 valence electrons. The van der Waals surface area contributed by atoms with Crippen molar-refractivity contribution >= 4 is 33.4 Å². The minimum Gasteiger partial charge on any atom is -0.493 e. The van der Waals surface area contributed by atoms with Gasteiger partial charge in [0.05, 0.1) is 12.2 Å². The highest BCUT2D eigenvalue weighted by Gasteiger charge is 2.16. The zero-order valence-electron chi connectivity index (χ0n) is 18.2. The molecule has 0 aliphatic carbocycles. The summed E-state index contributed by atoms with van der Waals surface area (Å²) in [5.41, 5.74) is 1.31. The number of carbonyl (C=O) groups excluding carboxylic acids is 2.